The standard InChI is InChI=1S/C30H35N3O6S/c1-4-39-29(35)27-25(20-8-6-5-7-9-20)26-23(18-30(2,3)19-24(26)34)33(28(27)31)21-10-12-22(13-11-21)40(36,37)32-14-16-38-17-15-32/h5-13,25H,4,14-19,31H2,1-3H3. The number of ether oxygens (including phenoxy) is 2. The van der Waals surface area contributed by atoms with Gasteiger partial charge in [0.05, 0.1) is 36.2 Å². The highest BCUT2D eigenvalue weighted by molar-refractivity contribution is 7.89. The van der Waals surface area contributed by atoms with Gasteiger partial charge in [-0.15, -0.1) is 0 Å². The number of rotatable bonds is 6. The summed E-state index contributed by atoms with van der Waals surface area (Å²) in [6.07, 6.45) is 0.873. The minimum Gasteiger partial charge on any atom is -0.463 e. The van der Waals surface area contributed by atoms with Crippen molar-refractivity contribution in [1.82, 2.24) is 4.31 Å². The van der Waals surface area contributed by atoms with Gasteiger partial charge in [-0.2, -0.15) is 4.31 Å². The van der Waals surface area contributed by atoms with Gasteiger partial charge in [0.25, 0.3) is 0 Å². The molecule has 0 saturated carbocycles. The van der Waals surface area contributed by atoms with Crippen molar-refractivity contribution >= 4 is 27.5 Å². The van der Waals surface area contributed by atoms with Crippen LogP contribution in [-0.4, -0.2) is 57.4 Å². The summed E-state index contributed by atoms with van der Waals surface area (Å²) in [5, 5.41) is 0. The zero-order chi connectivity index (χ0) is 28.7. The van der Waals surface area contributed by atoms with Crippen LogP contribution in [0.1, 0.15) is 45.1 Å². The van der Waals surface area contributed by atoms with Crippen molar-refractivity contribution in [2.24, 2.45) is 11.1 Å². The number of nitrogens with zero attached hydrogens (tertiary/aromatic N) is 2. The maximum atomic E-state index is 13.8. The molecule has 40 heavy (non-hydrogen) atoms. The van der Waals surface area contributed by atoms with Crippen LogP contribution in [0.2, 0.25) is 0 Å². The van der Waals surface area contributed by atoms with Crippen LogP contribution in [0.5, 0.6) is 0 Å². The van der Waals surface area contributed by atoms with Gasteiger partial charge in [0, 0.05) is 36.5 Å². The number of allylic oxidation sites excluding steroid dienone is 2. The molecule has 5 rings (SSSR count). The lowest BCUT2D eigenvalue weighted by molar-refractivity contribution is -0.138. The van der Waals surface area contributed by atoms with E-state index in [0.29, 0.717) is 56.1 Å². The molecule has 2 N–H and O–H groups in total. The van der Waals surface area contributed by atoms with E-state index in [1.165, 1.54) is 16.4 Å². The van der Waals surface area contributed by atoms with Gasteiger partial charge in [0.1, 0.15) is 5.82 Å². The van der Waals surface area contributed by atoms with Crippen LogP contribution in [0.3, 0.4) is 0 Å². The van der Waals surface area contributed by atoms with E-state index in [4.69, 9.17) is 15.2 Å². The quantitative estimate of drug-likeness (QED) is 0.527. The predicted octanol–water partition coefficient (Wildman–Crippen LogP) is 3.69. The van der Waals surface area contributed by atoms with Crippen molar-refractivity contribution in [3.8, 4) is 0 Å². The molecule has 9 nitrogen and oxygen atoms in total. The van der Waals surface area contributed by atoms with E-state index < -0.39 is 21.9 Å². The van der Waals surface area contributed by atoms with Gasteiger partial charge >= 0.3 is 5.97 Å². The first-order chi connectivity index (χ1) is 19.0. The number of morpholine rings is 1. The lowest BCUT2D eigenvalue weighted by Gasteiger charge is -2.44. The number of benzene rings is 2. The number of sulfonamides is 1. The van der Waals surface area contributed by atoms with E-state index >= 15 is 0 Å². The summed E-state index contributed by atoms with van der Waals surface area (Å²) in [6, 6.07) is 15.8. The van der Waals surface area contributed by atoms with Crippen LogP contribution in [0.25, 0.3) is 0 Å². The van der Waals surface area contributed by atoms with E-state index in [1.54, 1.807) is 24.0 Å². The van der Waals surface area contributed by atoms with Gasteiger partial charge in [-0.1, -0.05) is 44.2 Å². The molecule has 10 heteroatoms. The first kappa shape index (κ1) is 28.1. The minimum absolute atomic E-state index is 0.0501. The molecule has 2 aliphatic heterocycles. The molecule has 1 aliphatic carbocycles. The molecule has 3 aliphatic rings. The van der Waals surface area contributed by atoms with Gasteiger partial charge in [-0.05, 0) is 48.6 Å². The Balaban J connectivity index is 1.66. The van der Waals surface area contributed by atoms with Crippen molar-refractivity contribution in [1.29, 1.82) is 0 Å². The van der Waals surface area contributed by atoms with Gasteiger partial charge in [-0.25, -0.2) is 13.2 Å². The summed E-state index contributed by atoms with van der Waals surface area (Å²) in [4.78, 5) is 29.1. The van der Waals surface area contributed by atoms with Crippen LogP contribution in [0.15, 0.2) is 82.2 Å². The molecule has 0 spiro atoms. The van der Waals surface area contributed by atoms with Crippen LogP contribution < -0.4 is 10.6 Å². The lowest BCUT2D eigenvalue weighted by Crippen LogP contribution is -2.43. The van der Waals surface area contributed by atoms with Crippen LogP contribution in [0, 0.1) is 5.41 Å². The fourth-order valence-electron chi connectivity index (χ4n) is 5.80. The molecule has 0 bridgehead atoms. The maximum absolute atomic E-state index is 13.8. The van der Waals surface area contributed by atoms with E-state index in [9.17, 15) is 18.0 Å². The van der Waals surface area contributed by atoms with Crippen molar-refractivity contribution in [3.05, 3.63) is 82.8 Å². The fraction of sp³-hybridized carbons (Fsp3) is 0.400. The van der Waals surface area contributed by atoms with Gasteiger partial charge < -0.3 is 15.2 Å². The molecule has 2 aromatic rings. The number of esters is 1. The number of ketones is 1. The van der Waals surface area contributed by atoms with Gasteiger partial charge in [-0.3, -0.25) is 9.69 Å². The summed E-state index contributed by atoms with van der Waals surface area (Å²) in [5.41, 5.74) is 9.25. The third-order valence-corrected chi connectivity index (χ3v) is 9.50. The topological polar surface area (TPSA) is 119 Å². The molecule has 0 radical (unpaired) electrons. The number of hydrogen-bond donors (Lipinski definition) is 1. The molecule has 2 heterocycles. The molecule has 1 fully saturated rings. The van der Waals surface area contributed by atoms with E-state index in [1.807, 2.05) is 44.2 Å². The second kappa shape index (κ2) is 10.8. The molecule has 1 unspecified atom stereocenters. The maximum Gasteiger partial charge on any atom is 0.338 e. The Labute approximate surface area is 235 Å². The Bertz CT molecular complexity index is 1470. The molecule has 1 saturated heterocycles. The monoisotopic (exact) mass is 565 g/mol. The van der Waals surface area contributed by atoms with Crippen LogP contribution in [-0.2, 0) is 29.1 Å². The third kappa shape index (κ3) is 5.07. The second-order valence-corrected chi connectivity index (χ2v) is 12.9. The van der Waals surface area contributed by atoms with Crippen LogP contribution in [0.4, 0.5) is 5.69 Å². The summed E-state index contributed by atoms with van der Waals surface area (Å²) < 4.78 is 38.6. The summed E-state index contributed by atoms with van der Waals surface area (Å²) in [5.74, 6) is -1.14. The normalized spacial score (nSPS) is 21.8. The largest absolute Gasteiger partial charge is 0.463 e. The predicted molar refractivity (Wildman–Crippen MR) is 151 cm³/mol. The zero-order valence-corrected chi connectivity index (χ0v) is 23.9. The molecule has 1 atom stereocenters. The first-order valence-corrected chi connectivity index (χ1v) is 14.9. The number of hydrogen-bond acceptors (Lipinski definition) is 8. The van der Waals surface area contributed by atoms with Crippen molar-refractivity contribution in [3.63, 3.8) is 0 Å². The molecule has 212 valence electrons. The zero-order valence-electron chi connectivity index (χ0n) is 23.1. The average Bonchev–Trinajstić information content (AvgIpc) is 2.93. The summed E-state index contributed by atoms with van der Waals surface area (Å²) >= 11 is 0. The van der Waals surface area contributed by atoms with E-state index in [-0.39, 0.29) is 34.1 Å². The minimum atomic E-state index is -3.70. The number of nitrogens with two attached hydrogens (primary N) is 1. The molecular formula is C30H35N3O6S. The lowest BCUT2D eigenvalue weighted by atomic mass is 9.68. The third-order valence-electron chi connectivity index (χ3n) is 7.59. The highest BCUT2D eigenvalue weighted by Gasteiger charge is 2.46. The number of carbonyl (C=O) groups is 2. The highest BCUT2D eigenvalue weighted by atomic mass is 32.2. The van der Waals surface area contributed by atoms with Gasteiger partial charge in [0.15, 0.2) is 5.78 Å². The Morgan fingerprint density at radius 1 is 1.05 bits per heavy atom. The number of anilines is 1. The smallest absolute Gasteiger partial charge is 0.338 e. The number of Topliss-reactive ketones (excluding diaryl/α,β-unsaturated/α-hetero) is 1. The SMILES string of the molecule is CCOC(=O)C1=C(N)N(c2ccc(S(=O)(=O)N3CCOCC3)cc2)C2=C(C(=O)CC(C)(C)C2)C1c1ccccc1. The van der Waals surface area contributed by atoms with Crippen molar-refractivity contribution < 1.29 is 27.5 Å². The second-order valence-electron chi connectivity index (χ2n) is 11.0. The average molecular weight is 566 g/mol. The van der Waals surface area contributed by atoms with Crippen LogP contribution >= 0.6 is 0 Å². The molecule has 0 aromatic heterocycles. The van der Waals surface area contributed by atoms with Crippen molar-refractivity contribution in [2.75, 3.05) is 37.8 Å². The number of carbonyl (C=O) groups excluding carboxylic acids is 2. The Hall–Kier alpha value is -3.47. The van der Waals surface area contributed by atoms with E-state index in [2.05, 4.69) is 0 Å². The molecule has 0 amide bonds. The van der Waals surface area contributed by atoms with E-state index in [0.717, 1.165) is 5.56 Å². The Morgan fingerprint density at radius 2 is 1.70 bits per heavy atom. The molecular weight excluding hydrogens is 530 g/mol. The fourth-order valence-corrected chi connectivity index (χ4v) is 7.20. The summed E-state index contributed by atoms with van der Waals surface area (Å²) in [7, 11) is -3.70. The highest BCUT2D eigenvalue weighted by Crippen LogP contribution is 2.50. The summed E-state index contributed by atoms with van der Waals surface area (Å²) in [6.45, 7) is 7.23. The Kier molecular flexibility index (Phi) is 7.60. The van der Waals surface area contributed by atoms with Gasteiger partial charge in [0.2, 0.25) is 10.0 Å². The first-order valence-electron chi connectivity index (χ1n) is 13.5. The Morgan fingerprint density at radius 3 is 2.33 bits per heavy atom. The molecule has 2 aromatic carbocycles. The van der Waals surface area contributed by atoms with Crippen molar-refractivity contribution in [2.45, 2.75) is 44.4 Å².